The van der Waals surface area contributed by atoms with Crippen LogP contribution in [0.2, 0.25) is 0 Å². The van der Waals surface area contributed by atoms with Crippen molar-refractivity contribution in [2.45, 2.75) is 38.9 Å². The van der Waals surface area contributed by atoms with Crippen LogP contribution in [0.5, 0.6) is 0 Å². The molecule has 0 N–H and O–H groups in total. The molecule has 2 saturated heterocycles. The van der Waals surface area contributed by atoms with Crippen LogP contribution in [-0.2, 0) is 19.1 Å². The minimum atomic E-state index is -0.271. The summed E-state index contributed by atoms with van der Waals surface area (Å²) in [6.07, 6.45) is 5.05. The van der Waals surface area contributed by atoms with Crippen LogP contribution in [0.1, 0.15) is 26.7 Å². The molecule has 2 fully saturated rings. The summed E-state index contributed by atoms with van der Waals surface area (Å²) in [7, 11) is 0. The van der Waals surface area contributed by atoms with Gasteiger partial charge in [-0.1, -0.05) is 12.2 Å². The highest BCUT2D eigenvalue weighted by atomic mass is 16.5. The fourth-order valence-electron chi connectivity index (χ4n) is 3.64. The first-order valence-electron chi connectivity index (χ1n) is 7.91. The van der Waals surface area contributed by atoms with E-state index in [0.717, 1.165) is 4.90 Å². The van der Waals surface area contributed by atoms with Gasteiger partial charge >= 0.3 is 0 Å². The van der Waals surface area contributed by atoms with E-state index in [2.05, 4.69) is 0 Å². The maximum atomic E-state index is 12.5. The maximum absolute atomic E-state index is 12.5. The Bertz CT molecular complexity index is 494. The lowest BCUT2D eigenvalue weighted by atomic mass is 9.85. The number of ether oxygens (including phenoxy) is 1. The van der Waals surface area contributed by atoms with Crippen LogP contribution >= 0.6 is 0 Å². The minimum Gasteiger partial charge on any atom is -0.372 e. The van der Waals surface area contributed by atoms with Gasteiger partial charge in [0, 0.05) is 13.1 Å². The van der Waals surface area contributed by atoms with Crippen molar-refractivity contribution in [1.29, 1.82) is 0 Å². The van der Waals surface area contributed by atoms with Crippen molar-refractivity contribution >= 4 is 17.7 Å². The van der Waals surface area contributed by atoms with Crippen LogP contribution in [0.3, 0.4) is 0 Å². The Kier molecular flexibility index (Phi) is 4.04. The second-order valence-corrected chi connectivity index (χ2v) is 6.47. The lowest BCUT2D eigenvalue weighted by Crippen LogP contribution is -2.51. The van der Waals surface area contributed by atoms with Crippen LogP contribution in [0.4, 0.5) is 0 Å². The number of hydrogen-bond acceptors (Lipinski definition) is 4. The molecule has 6 nitrogen and oxygen atoms in total. The molecule has 3 aliphatic rings. The standard InChI is InChI=1S/C16H22N2O4/c1-10-7-17(8-11(2)22-10)14(19)9-18-15(20)12-5-3-4-6-13(12)16(18)21/h3-4,10-13H,5-9H2,1-2H3/t10-,11-,12-,13+/m1/s1. The predicted octanol–water partition coefficient (Wildman–Crippen LogP) is 0.573. The highest BCUT2D eigenvalue weighted by Crippen LogP contribution is 2.34. The first-order valence-corrected chi connectivity index (χ1v) is 7.91. The molecule has 4 atom stereocenters. The first kappa shape index (κ1) is 15.2. The van der Waals surface area contributed by atoms with E-state index in [4.69, 9.17) is 4.74 Å². The molecular weight excluding hydrogens is 284 g/mol. The number of hydrogen-bond donors (Lipinski definition) is 0. The Labute approximate surface area is 130 Å². The summed E-state index contributed by atoms with van der Waals surface area (Å²) in [5.74, 6) is -1.10. The monoisotopic (exact) mass is 306 g/mol. The molecule has 120 valence electrons. The zero-order chi connectivity index (χ0) is 15.9. The third kappa shape index (κ3) is 2.67. The molecule has 0 radical (unpaired) electrons. The minimum absolute atomic E-state index is 0.0236. The number of carbonyl (C=O) groups is 3. The van der Waals surface area contributed by atoms with Crippen molar-refractivity contribution in [3.63, 3.8) is 0 Å². The van der Waals surface area contributed by atoms with Gasteiger partial charge in [0.25, 0.3) is 0 Å². The Morgan fingerprint density at radius 2 is 1.59 bits per heavy atom. The second kappa shape index (κ2) is 5.83. The third-order valence-corrected chi connectivity index (χ3v) is 4.66. The van der Waals surface area contributed by atoms with Gasteiger partial charge < -0.3 is 9.64 Å². The normalized spacial score (nSPS) is 35.0. The van der Waals surface area contributed by atoms with Crippen molar-refractivity contribution in [2.75, 3.05) is 19.6 Å². The van der Waals surface area contributed by atoms with Crippen LogP contribution in [0.25, 0.3) is 0 Å². The van der Waals surface area contributed by atoms with Crippen molar-refractivity contribution in [3.8, 4) is 0 Å². The number of morpholine rings is 1. The molecule has 6 heteroatoms. The van der Waals surface area contributed by atoms with E-state index in [1.165, 1.54) is 0 Å². The summed E-state index contributed by atoms with van der Waals surface area (Å²) in [5, 5.41) is 0. The highest BCUT2D eigenvalue weighted by molar-refractivity contribution is 6.07. The fraction of sp³-hybridized carbons (Fsp3) is 0.688. The second-order valence-electron chi connectivity index (χ2n) is 6.47. The quantitative estimate of drug-likeness (QED) is 0.553. The van der Waals surface area contributed by atoms with Gasteiger partial charge in [-0.2, -0.15) is 0 Å². The van der Waals surface area contributed by atoms with Crippen molar-refractivity contribution in [3.05, 3.63) is 12.2 Å². The molecule has 0 unspecified atom stereocenters. The van der Waals surface area contributed by atoms with Gasteiger partial charge in [-0.05, 0) is 26.7 Å². The van der Waals surface area contributed by atoms with Gasteiger partial charge in [-0.15, -0.1) is 0 Å². The van der Waals surface area contributed by atoms with Crippen molar-refractivity contribution in [2.24, 2.45) is 11.8 Å². The maximum Gasteiger partial charge on any atom is 0.242 e. The summed E-state index contributed by atoms with van der Waals surface area (Å²) >= 11 is 0. The molecule has 0 saturated carbocycles. The summed E-state index contributed by atoms with van der Waals surface area (Å²) in [5.41, 5.74) is 0. The fourth-order valence-corrected chi connectivity index (χ4v) is 3.64. The van der Waals surface area contributed by atoms with Gasteiger partial charge in [0.15, 0.2) is 0 Å². The van der Waals surface area contributed by atoms with E-state index in [1.807, 2.05) is 26.0 Å². The number of imide groups is 1. The average Bonchev–Trinajstić information content (AvgIpc) is 2.72. The number of rotatable bonds is 2. The molecule has 2 aliphatic heterocycles. The van der Waals surface area contributed by atoms with Gasteiger partial charge in [-0.3, -0.25) is 19.3 Å². The van der Waals surface area contributed by atoms with Crippen LogP contribution in [0.15, 0.2) is 12.2 Å². The molecule has 2 heterocycles. The Morgan fingerprint density at radius 3 is 2.09 bits per heavy atom. The van der Waals surface area contributed by atoms with Gasteiger partial charge in [0.1, 0.15) is 6.54 Å². The summed E-state index contributed by atoms with van der Waals surface area (Å²) in [4.78, 5) is 40.1. The van der Waals surface area contributed by atoms with E-state index in [-0.39, 0.29) is 48.3 Å². The van der Waals surface area contributed by atoms with Gasteiger partial charge in [-0.25, -0.2) is 0 Å². The summed E-state index contributed by atoms with van der Waals surface area (Å²) in [6, 6.07) is 0. The Hall–Kier alpha value is -1.69. The number of allylic oxidation sites excluding steroid dienone is 2. The van der Waals surface area contributed by atoms with E-state index in [1.54, 1.807) is 4.90 Å². The largest absolute Gasteiger partial charge is 0.372 e. The third-order valence-electron chi connectivity index (χ3n) is 4.66. The van der Waals surface area contributed by atoms with Crippen molar-refractivity contribution < 1.29 is 19.1 Å². The molecule has 0 aromatic heterocycles. The van der Waals surface area contributed by atoms with Crippen molar-refractivity contribution in [1.82, 2.24) is 9.80 Å². The predicted molar refractivity (Wildman–Crippen MR) is 78.7 cm³/mol. The number of carbonyl (C=O) groups excluding carboxylic acids is 3. The first-order chi connectivity index (χ1) is 10.5. The van der Waals surface area contributed by atoms with E-state index in [0.29, 0.717) is 25.9 Å². The molecule has 22 heavy (non-hydrogen) atoms. The lowest BCUT2D eigenvalue weighted by molar-refractivity contribution is -0.151. The molecule has 0 spiro atoms. The number of likely N-dealkylation sites (tertiary alicyclic amines) is 1. The molecule has 3 amide bonds. The topological polar surface area (TPSA) is 66.9 Å². The zero-order valence-corrected chi connectivity index (χ0v) is 13.0. The number of amides is 3. The smallest absolute Gasteiger partial charge is 0.242 e. The van der Waals surface area contributed by atoms with Crippen LogP contribution in [-0.4, -0.2) is 59.4 Å². The highest BCUT2D eigenvalue weighted by Gasteiger charge is 2.48. The van der Waals surface area contributed by atoms with E-state index >= 15 is 0 Å². The van der Waals surface area contributed by atoms with Gasteiger partial charge in [0.2, 0.25) is 17.7 Å². The average molecular weight is 306 g/mol. The van der Waals surface area contributed by atoms with Crippen LogP contribution < -0.4 is 0 Å². The van der Waals surface area contributed by atoms with E-state index < -0.39 is 0 Å². The molecule has 3 rings (SSSR count). The Morgan fingerprint density at radius 1 is 1.09 bits per heavy atom. The molecule has 0 bridgehead atoms. The number of fused-ring (bicyclic) bond motifs is 1. The molecule has 1 aliphatic carbocycles. The van der Waals surface area contributed by atoms with Crippen LogP contribution in [0, 0.1) is 11.8 Å². The summed E-state index contributed by atoms with van der Waals surface area (Å²) in [6.45, 7) is 4.72. The lowest BCUT2D eigenvalue weighted by Gasteiger charge is -2.35. The van der Waals surface area contributed by atoms with E-state index in [9.17, 15) is 14.4 Å². The molecule has 0 aromatic carbocycles. The number of nitrogens with zero attached hydrogens (tertiary/aromatic N) is 2. The SMILES string of the molecule is C[C@@H]1CN(C(=O)CN2C(=O)[C@H]3CC=CC[C@H]3C2=O)C[C@@H](C)O1. The van der Waals surface area contributed by atoms with Gasteiger partial charge in [0.05, 0.1) is 24.0 Å². The molecule has 0 aromatic rings. The molecular formula is C16H22N2O4. The Balaban J connectivity index is 1.66. The summed E-state index contributed by atoms with van der Waals surface area (Å²) < 4.78 is 5.61. The zero-order valence-electron chi connectivity index (χ0n) is 13.0.